The number of aromatic nitrogens is 4. The van der Waals surface area contributed by atoms with Crippen LogP contribution < -0.4 is 0 Å². The van der Waals surface area contributed by atoms with E-state index in [9.17, 15) is 0 Å². The number of furan rings is 2. The van der Waals surface area contributed by atoms with Crippen LogP contribution in [-0.2, 0) is 0 Å². The molecule has 64 heavy (non-hydrogen) atoms. The van der Waals surface area contributed by atoms with Crippen molar-refractivity contribution in [3.05, 3.63) is 206 Å². The highest BCUT2D eigenvalue weighted by Crippen LogP contribution is 2.47. The minimum absolute atomic E-state index is 0.541. The number of rotatable bonds is 6. The third-order valence-electron chi connectivity index (χ3n) is 12.3. The number of hydrogen-bond donors (Lipinski definition) is 0. The van der Waals surface area contributed by atoms with Gasteiger partial charge in [0.25, 0.3) is 0 Å². The van der Waals surface area contributed by atoms with Crippen LogP contribution in [0.15, 0.2) is 215 Å². The van der Waals surface area contributed by atoms with E-state index in [1.807, 2.05) is 72.8 Å². The summed E-state index contributed by atoms with van der Waals surface area (Å²) in [5.41, 5.74) is 13.1. The summed E-state index contributed by atoms with van der Waals surface area (Å²) in [6.07, 6.45) is 0. The van der Waals surface area contributed by atoms with Crippen LogP contribution in [0.2, 0.25) is 0 Å². The molecule has 0 saturated heterocycles. The van der Waals surface area contributed by atoms with Crippen molar-refractivity contribution in [2.24, 2.45) is 0 Å². The van der Waals surface area contributed by atoms with Gasteiger partial charge in [0.15, 0.2) is 17.5 Å². The van der Waals surface area contributed by atoms with E-state index in [4.69, 9.17) is 28.8 Å². The fourth-order valence-electron chi connectivity index (χ4n) is 9.33. The van der Waals surface area contributed by atoms with Gasteiger partial charge < -0.3 is 8.83 Å². The van der Waals surface area contributed by atoms with Crippen LogP contribution in [0, 0.1) is 0 Å². The maximum absolute atomic E-state index is 6.68. The van der Waals surface area contributed by atoms with Crippen LogP contribution in [0.4, 0.5) is 0 Å². The maximum atomic E-state index is 6.68. The summed E-state index contributed by atoms with van der Waals surface area (Å²) in [5, 5.41) is 7.46. The molecule has 0 N–H and O–H groups in total. The first-order valence-electron chi connectivity index (χ1n) is 21.4. The van der Waals surface area contributed by atoms with Crippen LogP contribution in [-0.4, -0.2) is 19.9 Å². The molecule has 6 heteroatoms. The summed E-state index contributed by atoms with van der Waals surface area (Å²) < 4.78 is 13.1. The van der Waals surface area contributed by atoms with Gasteiger partial charge in [-0.2, -0.15) is 0 Å². The van der Waals surface area contributed by atoms with Gasteiger partial charge in [-0.15, -0.1) is 0 Å². The van der Waals surface area contributed by atoms with Crippen molar-refractivity contribution in [1.29, 1.82) is 0 Å². The number of benzene rings is 9. The SMILES string of the molecule is c1ccc(-c2ccc(-c3c4c(cc5c(-c6ccc(-c7nc(-c8ccccc8)nc(-c8cccc9c8oc8ccccc89)n7)cc6)nc6ccccc6c35)oc3ccccc34)cc2)cc1. The second-order valence-corrected chi connectivity index (χ2v) is 16.1. The van der Waals surface area contributed by atoms with E-state index >= 15 is 0 Å². The molecule has 13 rings (SSSR count). The van der Waals surface area contributed by atoms with Crippen molar-refractivity contribution in [1.82, 2.24) is 19.9 Å². The van der Waals surface area contributed by atoms with Crippen LogP contribution in [0.5, 0.6) is 0 Å². The number of para-hydroxylation sites is 4. The molecule has 0 bridgehead atoms. The van der Waals surface area contributed by atoms with E-state index in [0.717, 1.165) is 110 Å². The molecule has 0 radical (unpaired) electrons. The summed E-state index contributed by atoms with van der Waals surface area (Å²) in [7, 11) is 0. The lowest BCUT2D eigenvalue weighted by Gasteiger charge is -2.16. The Morgan fingerprint density at radius 3 is 1.58 bits per heavy atom. The predicted octanol–water partition coefficient (Wildman–Crippen LogP) is 15.4. The van der Waals surface area contributed by atoms with Crippen LogP contribution in [0.25, 0.3) is 133 Å². The molecule has 298 valence electrons. The minimum Gasteiger partial charge on any atom is -0.456 e. The lowest BCUT2D eigenvalue weighted by Crippen LogP contribution is -2.00. The van der Waals surface area contributed by atoms with E-state index in [1.54, 1.807) is 0 Å². The zero-order valence-electron chi connectivity index (χ0n) is 34.2. The van der Waals surface area contributed by atoms with Gasteiger partial charge in [0.05, 0.1) is 16.8 Å². The predicted molar refractivity (Wildman–Crippen MR) is 260 cm³/mol. The molecule has 0 aliphatic heterocycles. The van der Waals surface area contributed by atoms with Gasteiger partial charge in [0.2, 0.25) is 0 Å². The van der Waals surface area contributed by atoms with Crippen LogP contribution in [0.3, 0.4) is 0 Å². The second-order valence-electron chi connectivity index (χ2n) is 16.1. The molecule has 0 aliphatic rings. The van der Waals surface area contributed by atoms with Gasteiger partial charge in [-0.3, -0.25) is 0 Å². The van der Waals surface area contributed by atoms with Gasteiger partial charge in [-0.25, -0.2) is 19.9 Å². The molecular formula is C58H34N4O2. The topological polar surface area (TPSA) is 77.8 Å². The van der Waals surface area contributed by atoms with Gasteiger partial charge >= 0.3 is 0 Å². The Balaban J connectivity index is 1.00. The largest absolute Gasteiger partial charge is 0.456 e. The van der Waals surface area contributed by atoms with E-state index in [1.165, 1.54) is 5.56 Å². The van der Waals surface area contributed by atoms with Crippen LogP contribution >= 0.6 is 0 Å². The van der Waals surface area contributed by atoms with E-state index in [2.05, 4.69) is 133 Å². The molecule has 0 aliphatic carbocycles. The molecule has 0 unspecified atom stereocenters. The van der Waals surface area contributed by atoms with Gasteiger partial charge in [0.1, 0.15) is 22.3 Å². The summed E-state index contributed by atoms with van der Waals surface area (Å²) >= 11 is 0. The van der Waals surface area contributed by atoms with E-state index in [0.29, 0.717) is 17.5 Å². The smallest absolute Gasteiger partial charge is 0.167 e. The molecule has 0 fully saturated rings. The highest BCUT2D eigenvalue weighted by molar-refractivity contribution is 6.27. The zero-order chi connectivity index (χ0) is 42.1. The van der Waals surface area contributed by atoms with E-state index < -0.39 is 0 Å². The molecule has 9 aromatic carbocycles. The highest BCUT2D eigenvalue weighted by Gasteiger charge is 2.23. The van der Waals surface area contributed by atoms with Crippen molar-refractivity contribution < 1.29 is 8.83 Å². The number of hydrogen-bond acceptors (Lipinski definition) is 6. The Morgan fingerprint density at radius 1 is 0.297 bits per heavy atom. The summed E-state index contributed by atoms with van der Waals surface area (Å²) in [5.74, 6) is 1.68. The molecule has 4 heterocycles. The molecule has 0 amide bonds. The first-order chi connectivity index (χ1) is 31.7. The van der Waals surface area contributed by atoms with Crippen molar-refractivity contribution in [2.45, 2.75) is 0 Å². The molecule has 6 nitrogen and oxygen atoms in total. The quantitative estimate of drug-likeness (QED) is 0.156. The zero-order valence-corrected chi connectivity index (χ0v) is 34.2. The molecule has 0 saturated carbocycles. The minimum atomic E-state index is 0.541. The van der Waals surface area contributed by atoms with E-state index in [-0.39, 0.29) is 0 Å². The van der Waals surface area contributed by atoms with Crippen molar-refractivity contribution in [2.75, 3.05) is 0 Å². The molecule has 0 spiro atoms. The molecule has 13 aromatic rings. The van der Waals surface area contributed by atoms with Crippen molar-refractivity contribution in [3.63, 3.8) is 0 Å². The highest BCUT2D eigenvalue weighted by atomic mass is 16.3. The standard InChI is InChI=1S/C58H34N4O2/c1-3-14-35(15-4-1)36-26-28-37(29-27-36)51-52-43-19-7-10-23-47(43)59-54(46(52)34-50-53(51)44-20-9-12-25-49(44)63-50)38-30-32-40(33-31-38)57-60-56(39-16-5-2-6-17-39)61-58(62-57)45-22-13-21-42-41-18-8-11-24-48(41)64-55(42)45/h1-34H. The van der Waals surface area contributed by atoms with Crippen molar-refractivity contribution >= 4 is 65.6 Å². The van der Waals surface area contributed by atoms with Crippen LogP contribution in [0.1, 0.15) is 0 Å². The second kappa shape index (κ2) is 14.4. The summed E-state index contributed by atoms with van der Waals surface area (Å²) in [4.78, 5) is 20.6. The first-order valence-corrected chi connectivity index (χ1v) is 21.4. The Hall–Kier alpha value is -8.74. The average Bonchev–Trinajstić information content (AvgIpc) is 3.94. The maximum Gasteiger partial charge on any atom is 0.167 e. The Kier molecular flexibility index (Phi) is 8.11. The lowest BCUT2D eigenvalue weighted by atomic mass is 9.89. The summed E-state index contributed by atoms with van der Waals surface area (Å²) in [6.45, 7) is 0. The third-order valence-corrected chi connectivity index (χ3v) is 12.3. The summed E-state index contributed by atoms with van der Waals surface area (Å²) in [6, 6.07) is 71.0. The average molecular weight is 819 g/mol. The molecular weight excluding hydrogens is 785 g/mol. The number of fused-ring (bicyclic) bond motifs is 9. The third kappa shape index (κ3) is 5.81. The fraction of sp³-hybridized carbons (Fsp3) is 0. The number of nitrogens with zero attached hydrogens (tertiary/aromatic N) is 4. The Bertz CT molecular complexity index is 3930. The van der Waals surface area contributed by atoms with Gasteiger partial charge in [-0.1, -0.05) is 176 Å². The molecule has 0 atom stereocenters. The van der Waals surface area contributed by atoms with Crippen molar-refractivity contribution in [3.8, 4) is 67.7 Å². The lowest BCUT2D eigenvalue weighted by molar-refractivity contribution is 0.669. The Morgan fingerprint density at radius 2 is 0.828 bits per heavy atom. The normalized spacial score (nSPS) is 11.8. The van der Waals surface area contributed by atoms with Gasteiger partial charge in [-0.05, 0) is 47.0 Å². The molecule has 4 aromatic heterocycles. The number of pyridine rings is 1. The fourth-order valence-corrected chi connectivity index (χ4v) is 9.33. The first kappa shape index (κ1) is 36.0. The monoisotopic (exact) mass is 818 g/mol. The van der Waals surface area contributed by atoms with Gasteiger partial charge in [0, 0.05) is 60.0 Å². The Labute approximate surface area is 366 Å².